The van der Waals surface area contributed by atoms with E-state index in [1.165, 1.54) is 14.2 Å². The zero-order valence-corrected chi connectivity index (χ0v) is 13.4. The van der Waals surface area contributed by atoms with Crippen LogP contribution in [0.3, 0.4) is 0 Å². The van der Waals surface area contributed by atoms with Crippen LogP contribution in [0, 0.1) is 0 Å². The van der Waals surface area contributed by atoms with Crippen LogP contribution < -0.4 is 14.2 Å². The van der Waals surface area contributed by atoms with E-state index in [1.54, 1.807) is 37.4 Å². The monoisotopic (exact) mass is 316 g/mol. The maximum absolute atomic E-state index is 12.5. The van der Waals surface area contributed by atoms with Crippen molar-refractivity contribution in [2.45, 2.75) is 12.5 Å². The van der Waals surface area contributed by atoms with E-state index in [-0.39, 0.29) is 12.2 Å². The summed E-state index contributed by atoms with van der Waals surface area (Å²) in [6.07, 6.45) is -0.927. The maximum Gasteiger partial charge on any atom is 0.195 e. The first-order valence-electron chi connectivity index (χ1n) is 7.16. The van der Waals surface area contributed by atoms with Crippen molar-refractivity contribution in [2.75, 3.05) is 21.3 Å². The molecule has 0 aliphatic heterocycles. The lowest BCUT2D eigenvalue weighted by molar-refractivity contribution is 0.0744. The zero-order chi connectivity index (χ0) is 16.8. The lowest BCUT2D eigenvalue weighted by Crippen LogP contribution is -2.23. The highest BCUT2D eigenvalue weighted by molar-refractivity contribution is 6.02. The summed E-state index contributed by atoms with van der Waals surface area (Å²) in [5.41, 5.74) is 1.17. The topological polar surface area (TPSA) is 65.0 Å². The lowest BCUT2D eigenvalue weighted by atomic mass is 9.99. The van der Waals surface area contributed by atoms with Gasteiger partial charge in [-0.1, -0.05) is 12.1 Å². The number of hydrogen-bond donors (Lipinski definition) is 1. The van der Waals surface area contributed by atoms with E-state index < -0.39 is 6.10 Å². The number of ketones is 1. The van der Waals surface area contributed by atoms with Crippen molar-refractivity contribution < 1.29 is 24.1 Å². The van der Waals surface area contributed by atoms with Crippen LogP contribution in [0.5, 0.6) is 17.2 Å². The molecular weight excluding hydrogens is 296 g/mol. The van der Waals surface area contributed by atoms with Gasteiger partial charge in [-0.25, -0.2) is 0 Å². The van der Waals surface area contributed by atoms with Crippen LogP contribution in [-0.4, -0.2) is 38.3 Å². The maximum atomic E-state index is 12.5. The van der Waals surface area contributed by atoms with Gasteiger partial charge in [-0.3, -0.25) is 4.79 Å². The molecular formula is C18H20O5. The van der Waals surface area contributed by atoms with Gasteiger partial charge >= 0.3 is 0 Å². The fourth-order valence-electron chi connectivity index (χ4n) is 2.26. The zero-order valence-electron chi connectivity index (χ0n) is 13.4. The van der Waals surface area contributed by atoms with Crippen LogP contribution in [-0.2, 0) is 6.42 Å². The number of methoxy groups -OCH3 is 3. The first-order valence-corrected chi connectivity index (χ1v) is 7.16. The molecule has 2 aromatic carbocycles. The van der Waals surface area contributed by atoms with Crippen LogP contribution in [0.4, 0.5) is 0 Å². The smallest absolute Gasteiger partial charge is 0.195 e. The first kappa shape index (κ1) is 16.8. The summed E-state index contributed by atoms with van der Waals surface area (Å²) >= 11 is 0. The summed E-state index contributed by atoms with van der Waals surface area (Å²) in [5.74, 6) is 1.30. The molecule has 1 unspecified atom stereocenters. The van der Waals surface area contributed by atoms with E-state index in [0.717, 1.165) is 11.3 Å². The minimum Gasteiger partial charge on any atom is -0.497 e. The number of carbonyl (C=O) groups excluding carboxylic acids is 1. The summed E-state index contributed by atoms with van der Waals surface area (Å²) in [4.78, 5) is 12.5. The highest BCUT2D eigenvalue weighted by atomic mass is 16.5. The Morgan fingerprint density at radius 1 is 0.957 bits per heavy atom. The molecule has 0 aliphatic carbocycles. The number of Topliss-reactive ketones (excluding diaryl/α,β-unsaturated/α-hetero) is 1. The minimum absolute atomic E-state index is 0.220. The van der Waals surface area contributed by atoms with Gasteiger partial charge in [0.25, 0.3) is 0 Å². The molecule has 0 bridgehead atoms. The molecule has 0 aliphatic rings. The van der Waals surface area contributed by atoms with E-state index in [1.807, 2.05) is 12.1 Å². The van der Waals surface area contributed by atoms with Gasteiger partial charge in [-0.05, 0) is 29.8 Å². The number of aliphatic hydroxyl groups excluding tert-OH is 1. The number of rotatable bonds is 7. The van der Waals surface area contributed by atoms with Crippen LogP contribution in [0.15, 0.2) is 42.5 Å². The van der Waals surface area contributed by atoms with Crippen molar-refractivity contribution in [1.82, 2.24) is 0 Å². The molecule has 5 nitrogen and oxygen atoms in total. The lowest BCUT2D eigenvalue weighted by Gasteiger charge is -2.14. The van der Waals surface area contributed by atoms with Crippen molar-refractivity contribution in [1.29, 1.82) is 0 Å². The molecule has 0 radical (unpaired) electrons. The second-order valence-corrected chi connectivity index (χ2v) is 5.00. The molecule has 2 rings (SSSR count). The normalized spacial score (nSPS) is 11.7. The Balaban J connectivity index is 2.15. The Morgan fingerprint density at radius 3 is 2.13 bits per heavy atom. The van der Waals surface area contributed by atoms with Gasteiger partial charge in [0.2, 0.25) is 0 Å². The molecule has 0 amide bonds. The van der Waals surface area contributed by atoms with Crippen LogP contribution in [0.1, 0.15) is 15.9 Å². The van der Waals surface area contributed by atoms with E-state index in [9.17, 15) is 9.90 Å². The molecule has 0 fully saturated rings. The number of ether oxygens (including phenoxy) is 3. The predicted octanol–water partition coefficient (Wildman–Crippen LogP) is 2.50. The van der Waals surface area contributed by atoms with Crippen LogP contribution in [0.2, 0.25) is 0 Å². The van der Waals surface area contributed by atoms with E-state index in [0.29, 0.717) is 17.1 Å². The Kier molecular flexibility index (Phi) is 5.60. The second-order valence-electron chi connectivity index (χ2n) is 5.00. The highest BCUT2D eigenvalue weighted by Gasteiger charge is 2.21. The molecule has 1 N–H and O–H groups in total. The number of hydrogen-bond acceptors (Lipinski definition) is 5. The van der Waals surface area contributed by atoms with E-state index >= 15 is 0 Å². The Bertz CT molecular complexity index is 664. The molecule has 122 valence electrons. The molecule has 0 saturated heterocycles. The summed E-state index contributed by atoms with van der Waals surface area (Å²) < 4.78 is 15.4. The fraction of sp³-hybridized carbons (Fsp3) is 0.278. The quantitative estimate of drug-likeness (QED) is 0.795. The average Bonchev–Trinajstić information content (AvgIpc) is 2.61. The van der Waals surface area contributed by atoms with Crippen LogP contribution >= 0.6 is 0 Å². The van der Waals surface area contributed by atoms with Crippen molar-refractivity contribution in [2.24, 2.45) is 0 Å². The van der Waals surface area contributed by atoms with Crippen LogP contribution in [0.25, 0.3) is 0 Å². The van der Waals surface area contributed by atoms with Gasteiger partial charge in [0.05, 0.1) is 26.9 Å². The summed E-state index contributed by atoms with van der Waals surface area (Å²) in [7, 11) is 4.60. The molecule has 0 spiro atoms. The summed E-state index contributed by atoms with van der Waals surface area (Å²) in [6, 6.07) is 12.1. The van der Waals surface area contributed by atoms with E-state index in [2.05, 4.69) is 0 Å². The number of carbonyl (C=O) groups is 1. The molecule has 1 atom stereocenters. The highest BCUT2D eigenvalue weighted by Crippen LogP contribution is 2.26. The van der Waals surface area contributed by atoms with Gasteiger partial charge in [0.15, 0.2) is 5.78 Å². The van der Waals surface area contributed by atoms with E-state index in [4.69, 9.17) is 14.2 Å². The van der Waals surface area contributed by atoms with Gasteiger partial charge < -0.3 is 19.3 Å². The number of aliphatic hydroxyl groups is 1. The summed E-state index contributed by atoms with van der Waals surface area (Å²) in [6.45, 7) is 0. The third-order valence-corrected chi connectivity index (χ3v) is 3.56. The first-order chi connectivity index (χ1) is 11.1. The molecule has 23 heavy (non-hydrogen) atoms. The summed E-state index contributed by atoms with van der Waals surface area (Å²) in [5, 5.41) is 10.2. The third kappa shape index (κ3) is 4.02. The van der Waals surface area contributed by atoms with Gasteiger partial charge in [0, 0.05) is 12.5 Å². The fourth-order valence-corrected chi connectivity index (χ4v) is 2.26. The number of benzene rings is 2. The third-order valence-electron chi connectivity index (χ3n) is 3.56. The standard InChI is InChI=1S/C18H20O5/c1-21-13-6-4-12(5-7-13)10-16(19)18(20)15-9-8-14(22-2)11-17(15)23-3/h4-9,11,16,19H,10H2,1-3H3. The largest absolute Gasteiger partial charge is 0.497 e. The van der Waals surface area contributed by atoms with Crippen molar-refractivity contribution in [3.63, 3.8) is 0 Å². The Hall–Kier alpha value is -2.53. The molecule has 0 saturated carbocycles. The second kappa shape index (κ2) is 7.65. The van der Waals surface area contributed by atoms with Crippen molar-refractivity contribution >= 4 is 5.78 Å². The molecule has 2 aromatic rings. The molecule has 0 heterocycles. The van der Waals surface area contributed by atoms with Gasteiger partial charge in [0.1, 0.15) is 23.4 Å². The van der Waals surface area contributed by atoms with Crippen molar-refractivity contribution in [3.05, 3.63) is 53.6 Å². The predicted molar refractivity (Wildman–Crippen MR) is 86.6 cm³/mol. The van der Waals surface area contributed by atoms with Gasteiger partial charge in [-0.2, -0.15) is 0 Å². The SMILES string of the molecule is COc1ccc(CC(O)C(=O)c2ccc(OC)cc2OC)cc1. The molecule has 5 heteroatoms. The minimum atomic E-state index is -1.15. The Morgan fingerprint density at radius 2 is 1.57 bits per heavy atom. The molecule has 0 aromatic heterocycles. The Labute approximate surface area is 135 Å². The van der Waals surface area contributed by atoms with Crippen molar-refractivity contribution in [3.8, 4) is 17.2 Å². The average molecular weight is 316 g/mol. The van der Waals surface area contributed by atoms with Gasteiger partial charge in [-0.15, -0.1) is 0 Å².